The van der Waals surface area contributed by atoms with E-state index in [9.17, 15) is 4.79 Å². The second kappa shape index (κ2) is 7.58. The molecule has 1 amide bonds. The minimum Gasteiger partial charge on any atom is -0.342 e. The summed E-state index contributed by atoms with van der Waals surface area (Å²) < 4.78 is 2.06. The predicted molar refractivity (Wildman–Crippen MR) is 102 cm³/mol. The number of carbonyl (C=O) groups excluding carboxylic acids is 1. The maximum atomic E-state index is 12.5. The lowest BCUT2D eigenvalue weighted by Gasteiger charge is -2.19. The highest BCUT2D eigenvalue weighted by atomic mass is 32.2. The largest absolute Gasteiger partial charge is 0.342 e. The number of thiazole rings is 1. The van der Waals surface area contributed by atoms with Crippen LogP contribution in [0.5, 0.6) is 0 Å². The number of nitrogens with zero attached hydrogens (tertiary/aromatic N) is 4. The molecule has 0 aliphatic carbocycles. The van der Waals surface area contributed by atoms with Crippen LogP contribution in [0.15, 0.2) is 40.9 Å². The van der Waals surface area contributed by atoms with Gasteiger partial charge in [0.25, 0.3) is 0 Å². The monoisotopic (exact) mass is 372 g/mol. The fraction of sp³-hybridized carbons (Fsp3) is 0.389. The van der Waals surface area contributed by atoms with Crippen molar-refractivity contribution in [3.05, 3.63) is 35.7 Å². The smallest absolute Gasteiger partial charge is 0.233 e. The molecule has 1 aliphatic heterocycles. The normalized spacial score (nSPS) is 15.4. The highest BCUT2D eigenvalue weighted by Gasteiger charge is 2.18. The van der Waals surface area contributed by atoms with Crippen LogP contribution in [0.2, 0.25) is 0 Å². The Balaban J connectivity index is 1.52. The van der Waals surface area contributed by atoms with E-state index in [1.165, 1.54) is 24.6 Å². The van der Waals surface area contributed by atoms with E-state index in [1.54, 1.807) is 11.3 Å². The first-order chi connectivity index (χ1) is 12.3. The number of fused-ring (bicyclic) bond motifs is 1. The fourth-order valence-electron chi connectivity index (χ4n) is 3.14. The zero-order valence-electron chi connectivity index (χ0n) is 13.9. The van der Waals surface area contributed by atoms with Crippen molar-refractivity contribution in [3.63, 3.8) is 0 Å². The number of hydrogen-bond acceptors (Lipinski definition) is 5. The summed E-state index contributed by atoms with van der Waals surface area (Å²) in [6.45, 7) is 1.78. The van der Waals surface area contributed by atoms with E-state index in [0.717, 1.165) is 47.3 Å². The van der Waals surface area contributed by atoms with Crippen LogP contribution >= 0.6 is 23.1 Å². The Labute approximate surface area is 155 Å². The number of carbonyl (C=O) groups is 1. The lowest BCUT2D eigenvalue weighted by molar-refractivity contribution is -0.128. The molecule has 0 atom stereocenters. The summed E-state index contributed by atoms with van der Waals surface area (Å²) >= 11 is 3.06. The maximum Gasteiger partial charge on any atom is 0.233 e. The van der Waals surface area contributed by atoms with Crippen LogP contribution in [-0.4, -0.2) is 44.2 Å². The molecule has 3 heterocycles. The highest BCUT2D eigenvalue weighted by molar-refractivity contribution is 7.99. The molecule has 1 aromatic carbocycles. The van der Waals surface area contributed by atoms with Crippen molar-refractivity contribution in [2.24, 2.45) is 0 Å². The number of hydrogen-bond donors (Lipinski definition) is 0. The van der Waals surface area contributed by atoms with Crippen molar-refractivity contribution >= 4 is 34.0 Å². The second-order valence-electron chi connectivity index (χ2n) is 6.17. The average Bonchev–Trinajstić information content (AvgIpc) is 3.13. The number of thioether (sulfide) groups is 1. The molecule has 0 N–H and O–H groups in total. The van der Waals surface area contributed by atoms with Crippen molar-refractivity contribution in [2.45, 2.75) is 30.8 Å². The van der Waals surface area contributed by atoms with E-state index in [-0.39, 0.29) is 5.91 Å². The van der Waals surface area contributed by atoms with E-state index >= 15 is 0 Å². The van der Waals surface area contributed by atoms with Gasteiger partial charge in [-0.15, -0.1) is 21.5 Å². The van der Waals surface area contributed by atoms with Crippen molar-refractivity contribution < 1.29 is 4.79 Å². The summed E-state index contributed by atoms with van der Waals surface area (Å²) in [5, 5.41) is 11.4. The summed E-state index contributed by atoms with van der Waals surface area (Å²) in [6.07, 6.45) is 4.71. The summed E-state index contributed by atoms with van der Waals surface area (Å²) in [7, 11) is 0. The topological polar surface area (TPSA) is 50.5 Å². The molecule has 5 nitrogen and oxygen atoms in total. The van der Waals surface area contributed by atoms with Crippen LogP contribution in [0.25, 0.3) is 16.2 Å². The summed E-state index contributed by atoms with van der Waals surface area (Å²) in [6, 6.07) is 10.2. The van der Waals surface area contributed by atoms with Gasteiger partial charge in [0.2, 0.25) is 10.9 Å². The minimum atomic E-state index is 0.208. The van der Waals surface area contributed by atoms with Gasteiger partial charge in [0.05, 0.1) is 11.4 Å². The molecule has 1 aliphatic rings. The van der Waals surface area contributed by atoms with Crippen LogP contribution in [0, 0.1) is 0 Å². The number of aromatic nitrogens is 3. The van der Waals surface area contributed by atoms with Crippen molar-refractivity contribution in [2.75, 3.05) is 18.8 Å². The molecular weight excluding hydrogens is 352 g/mol. The van der Waals surface area contributed by atoms with Gasteiger partial charge in [-0.05, 0) is 18.4 Å². The molecule has 2 aromatic heterocycles. The lowest BCUT2D eigenvalue weighted by atomic mass is 10.2. The molecule has 3 aromatic rings. The third-order valence-corrected chi connectivity index (χ3v) is 6.20. The number of likely N-dealkylation sites (tertiary alicyclic amines) is 1. The molecule has 7 heteroatoms. The van der Waals surface area contributed by atoms with Gasteiger partial charge in [-0.2, -0.15) is 0 Å². The molecule has 0 bridgehead atoms. The van der Waals surface area contributed by atoms with Crippen LogP contribution in [0.1, 0.15) is 25.7 Å². The van der Waals surface area contributed by atoms with E-state index in [1.807, 2.05) is 23.1 Å². The van der Waals surface area contributed by atoms with Gasteiger partial charge in [0, 0.05) is 18.5 Å². The zero-order valence-corrected chi connectivity index (χ0v) is 15.6. The Morgan fingerprint density at radius 3 is 2.60 bits per heavy atom. The van der Waals surface area contributed by atoms with E-state index in [0.29, 0.717) is 5.75 Å². The Kier molecular flexibility index (Phi) is 5.03. The van der Waals surface area contributed by atoms with Gasteiger partial charge in [-0.25, -0.2) is 0 Å². The third-order valence-electron chi connectivity index (χ3n) is 4.47. The van der Waals surface area contributed by atoms with Crippen molar-refractivity contribution in [3.8, 4) is 11.3 Å². The molecular formula is C18H20N4OS2. The Bertz CT molecular complexity index is 850. The maximum absolute atomic E-state index is 12.5. The van der Waals surface area contributed by atoms with E-state index < -0.39 is 0 Å². The molecule has 4 rings (SSSR count). The van der Waals surface area contributed by atoms with Gasteiger partial charge >= 0.3 is 0 Å². The molecule has 1 saturated heterocycles. The third kappa shape index (κ3) is 3.57. The van der Waals surface area contributed by atoms with Crippen LogP contribution in [0.4, 0.5) is 0 Å². The predicted octanol–water partition coefficient (Wildman–Crippen LogP) is 3.95. The van der Waals surface area contributed by atoms with Crippen LogP contribution in [-0.2, 0) is 4.79 Å². The standard InChI is InChI=1S/C18H20N4OS2/c23-16(21-10-6-1-2-7-11-21)13-25-18-20-19-17-22(18)15(12-24-17)14-8-4-3-5-9-14/h3-5,8-9,12H,1-2,6-7,10-11,13H2. The Morgan fingerprint density at radius 1 is 1.08 bits per heavy atom. The second-order valence-corrected chi connectivity index (χ2v) is 7.95. The Hall–Kier alpha value is -1.86. The zero-order chi connectivity index (χ0) is 17.1. The van der Waals surface area contributed by atoms with Crippen molar-refractivity contribution in [1.29, 1.82) is 0 Å². The number of benzene rings is 1. The number of amides is 1. The molecule has 1 fully saturated rings. The lowest BCUT2D eigenvalue weighted by Crippen LogP contribution is -2.33. The molecule has 130 valence electrons. The minimum absolute atomic E-state index is 0.208. The molecule has 0 spiro atoms. The van der Waals surface area contributed by atoms with Gasteiger partial charge < -0.3 is 4.90 Å². The van der Waals surface area contributed by atoms with E-state index in [2.05, 4.69) is 32.1 Å². The fourth-order valence-corrected chi connectivity index (χ4v) is 4.88. The highest BCUT2D eigenvalue weighted by Crippen LogP contribution is 2.29. The quantitative estimate of drug-likeness (QED) is 0.651. The molecule has 0 unspecified atom stereocenters. The average molecular weight is 373 g/mol. The first-order valence-corrected chi connectivity index (χ1v) is 10.5. The first kappa shape index (κ1) is 16.6. The van der Waals surface area contributed by atoms with Gasteiger partial charge in [0.15, 0.2) is 5.16 Å². The molecule has 25 heavy (non-hydrogen) atoms. The van der Waals surface area contributed by atoms with E-state index in [4.69, 9.17) is 0 Å². The van der Waals surface area contributed by atoms with Crippen LogP contribution < -0.4 is 0 Å². The first-order valence-electron chi connectivity index (χ1n) is 8.61. The van der Waals surface area contributed by atoms with Crippen LogP contribution in [0.3, 0.4) is 0 Å². The van der Waals surface area contributed by atoms with Gasteiger partial charge in [-0.3, -0.25) is 9.20 Å². The summed E-state index contributed by atoms with van der Waals surface area (Å²) in [5.74, 6) is 0.630. The molecule has 0 radical (unpaired) electrons. The SMILES string of the molecule is O=C(CSc1nnc2scc(-c3ccccc3)n12)N1CCCCCC1. The molecule has 0 saturated carbocycles. The Morgan fingerprint density at radius 2 is 1.84 bits per heavy atom. The summed E-state index contributed by atoms with van der Waals surface area (Å²) in [4.78, 5) is 15.4. The number of rotatable bonds is 4. The van der Waals surface area contributed by atoms with Gasteiger partial charge in [0.1, 0.15) is 0 Å². The van der Waals surface area contributed by atoms with Crippen molar-refractivity contribution in [1.82, 2.24) is 19.5 Å². The summed E-state index contributed by atoms with van der Waals surface area (Å²) in [5.41, 5.74) is 2.21. The van der Waals surface area contributed by atoms with Gasteiger partial charge in [-0.1, -0.05) is 54.9 Å².